The van der Waals surface area contributed by atoms with Crippen LogP contribution in [0.3, 0.4) is 0 Å². The van der Waals surface area contributed by atoms with Crippen molar-refractivity contribution in [1.82, 2.24) is 0 Å². The molecule has 0 saturated heterocycles. The predicted octanol–water partition coefficient (Wildman–Crippen LogP) is 3.56. The first-order valence-corrected chi connectivity index (χ1v) is 6.63. The fourth-order valence-corrected chi connectivity index (χ4v) is 2.61. The number of benzene rings is 2. The van der Waals surface area contributed by atoms with E-state index >= 15 is 0 Å². The summed E-state index contributed by atoms with van der Waals surface area (Å²) in [5, 5.41) is 0. The lowest BCUT2D eigenvalue weighted by atomic mass is 10.1. The molecule has 0 atom stereocenters. The number of carbonyl (C=O) groups excluding carboxylic acids is 2. The molecule has 1 aliphatic rings. The summed E-state index contributed by atoms with van der Waals surface area (Å²) in [6.45, 7) is 1.88. The standard InChI is InChI=1S/C15H10BrNO2/c1-9-4-2-3-5-13(9)17-14(18)11-7-6-10(16)8-12(11)15(17)19/h2-8H,1H3. The Bertz CT molecular complexity index is 709. The Morgan fingerprint density at radius 2 is 1.63 bits per heavy atom. The first-order valence-electron chi connectivity index (χ1n) is 5.83. The highest BCUT2D eigenvalue weighted by Gasteiger charge is 2.37. The minimum Gasteiger partial charge on any atom is -0.268 e. The van der Waals surface area contributed by atoms with E-state index in [1.165, 1.54) is 4.90 Å². The van der Waals surface area contributed by atoms with E-state index < -0.39 is 0 Å². The second-order valence-electron chi connectivity index (χ2n) is 4.42. The topological polar surface area (TPSA) is 37.4 Å². The zero-order chi connectivity index (χ0) is 13.6. The number of hydrogen-bond donors (Lipinski definition) is 0. The zero-order valence-electron chi connectivity index (χ0n) is 10.2. The van der Waals surface area contributed by atoms with Crippen LogP contribution in [0, 0.1) is 6.92 Å². The number of imide groups is 1. The molecule has 0 saturated carbocycles. The molecule has 0 unspecified atom stereocenters. The fraction of sp³-hybridized carbons (Fsp3) is 0.0667. The summed E-state index contributed by atoms with van der Waals surface area (Å²) in [5.74, 6) is -0.530. The summed E-state index contributed by atoms with van der Waals surface area (Å²) in [7, 11) is 0. The molecule has 0 bridgehead atoms. The van der Waals surface area contributed by atoms with E-state index in [0.717, 1.165) is 10.0 Å². The number of carbonyl (C=O) groups is 2. The Labute approximate surface area is 119 Å². The second-order valence-corrected chi connectivity index (χ2v) is 5.34. The molecule has 19 heavy (non-hydrogen) atoms. The fourth-order valence-electron chi connectivity index (χ4n) is 2.25. The van der Waals surface area contributed by atoms with E-state index in [-0.39, 0.29) is 11.8 Å². The largest absolute Gasteiger partial charge is 0.268 e. The number of hydrogen-bond acceptors (Lipinski definition) is 2. The van der Waals surface area contributed by atoms with Crippen LogP contribution < -0.4 is 4.90 Å². The molecule has 2 aromatic rings. The van der Waals surface area contributed by atoms with Crippen molar-refractivity contribution in [3.63, 3.8) is 0 Å². The van der Waals surface area contributed by atoms with E-state index in [0.29, 0.717) is 16.8 Å². The van der Waals surface area contributed by atoms with Crippen LogP contribution in [0.2, 0.25) is 0 Å². The van der Waals surface area contributed by atoms with Crippen molar-refractivity contribution in [2.24, 2.45) is 0 Å². The predicted molar refractivity (Wildman–Crippen MR) is 76.5 cm³/mol. The third kappa shape index (κ3) is 1.79. The highest BCUT2D eigenvalue weighted by atomic mass is 79.9. The first kappa shape index (κ1) is 12.1. The second kappa shape index (κ2) is 4.31. The Morgan fingerprint density at radius 1 is 0.947 bits per heavy atom. The molecule has 4 heteroatoms. The number of amides is 2. The summed E-state index contributed by atoms with van der Waals surface area (Å²) >= 11 is 3.32. The van der Waals surface area contributed by atoms with Crippen molar-refractivity contribution in [2.75, 3.05) is 4.90 Å². The van der Waals surface area contributed by atoms with Gasteiger partial charge in [-0.15, -0.1) is 0 Å². The van der Waals surface area contributed by atoms with Crippen molar-refractivity contribution < 1.29 is 9.59 Å². The third-order valence-corrected chi connectivity index (χ3v) is 3.70. The van der Waals surface area contributed by atoms with Crippen molar-refractivity contribution in [2.45, 2.75) is 6.92 Å². The summed E-state index contributed by atoms with van der Waals surface area (Å²) < 4.78 is 0.791. The maximum atomic E-state index is 12.4. The van der Waals surface area contributed by atoms with Gasteiger partial charge < -0.3 is 0 Å². The van der Waals surface area contributed by atoms with Gasteiger partial charge in [0.15, 0.2) is 0 Å². The molecule has 0 radical (unpaired) electrons. The van der Waals surface area contributed by atoms with Crippen LogP contribution in [-0.2, 0) is 0 Å². The Kier molecular flexibility index (Phi) is 2.75. The van der Waals surface area contributed by atoms with Gasteiger partial charge in [-0.25, -0.2) is 4.90 Å². The monoisotopic (exact) mass is 315 g/mol. The summed E-state index contributed by atoms with van der Waals surface area (Å²) in [6, 6.07) is 12.5. The average Bonchev–Trinajstić information content (AvgIpc) is 2.63. The lowest BCUT2D eigenvalue weighted by Gasteiger charge is -2.16. The van der Waals surface area contributed by atoms with Crippen LogP contribution in [0.1, 0.15) is 26.3 Å². The number of fused-ring (bicyclic) bond motifs is 1. The lowest BCUT2D eigenvalue weighted by molar-refractivity contribution is 0.0926. The molecule has 0 fully saturated rings. The van der Waals surface area contributed by atoms with Crippen LogP contribution in [0.4, 0.5) is 5.69 Å². The van der Waals surface area contributed by atoms with Crippen LogP contribution in [-0.4, -0.2) is 11.8 Å². The first-order chi connectivity index (χ1) is 9.09. The molecule has 2 aromatic carbocycles. The minimum absolute atomic E-state index is 0.262. The molecule has 0 aliphatic carbocycles. The quantitative estimate of drug-likeness (QED) is 0.755. The van der Waals surface area contributed by atoms with E-state index in [1.54, 1.807) is 24.3 Å². The van der Waals surface area contributed by atoms with Gasteiger partial charge in [0.25, 0.3) is 11.8 Å². The SMILES string of the molecule is Cc1ccccc1N1C(=O)c2ccc(Br)cc2C1=O. The Hall–Kier alpha value is -1.94. The average molecular weight is 316 g/mol. The molecule has 2 amide bonds. The number of aryl methyl sites for hydroxylation is 1. The molecule has 0 N–H and O–H groups in total. The Balaban J connectivity index is 2.16. The third-order valence-electron chi connectivity index (χ3n) is 3.20. The van der Waals surface area contributed by atoms with Crippen molar-refractivity contribution >= 4 is 33.4 Å². The summed E-state index contributed by atoms with van der Waals surface area (Å²) in [5.41, 5.74) is 2.44. The van der Waals surface area contributed by atoms with Gasteiger partial charge in [-0.1, -0.05) is 34.1 Å². The molecule has 1 heterocycles. The van der Waals surface area contributed by atoms with Gasteiger partial charge in [-0.2, -0.15) is 0 Å². The van der Waals surface area contributed by atoms with Crippen LogP contribution in [0.15, 0.2) is 46.9 Å². The zero-order valence-corrected chi connectivity index (χ0v) is 11.8. The highest BCUT2D eigenvalue weighted by Crippen LogP contribution is 2.31. The van der Waals surface area contributed by atoms with Gasteiger partial charge >= 0.3 is 0 Å². The molecule has 3 rings (SSSR count). The van der Waals surface area contributed by atoms with Crippen LogP contribution in [0.25, 0.3) is 0 Å². The number of halogens is 1. The van der Waals surface area contributed by atoms with Gasteiger partial charge in [0.05, 0.1) is 16.8 Å². The minimum atomic E-state index is -0.268. The van der Waals surface area contributed by atoms with Crippen molar-refractivity contribution in [3.8, 4) is 0 Å². The maximum Gasteiger partial charge on any atom is 0.266 e. The van der Waals surface area contributed by atoms with Gasteiger partial charge in [-0.3, -0.25) is 9.59 Å². The molecule has 94 valence electrons. The molecule has 0 spiro atoms. The Morgan fingerprint density at radius 3 is 2.37 bits per heavy atom. The molecule has 3 nitrogen and oxygen atoms in total. The molecular weight excluding hydrogens is 306 g/mol. The number of para-hydroxylation sites is 1. The normalized spacial score (nSPS) is 13.9. The van der Waals surface area contributed by atoms with Crippen LogP contribution in [0.5, 0.6) is 0 Å². The van der Waals surface area contributed by atoms with Gasteiger partial charge in [0, 0.05) is 4.47 Å². The van der Waals surface area contributed by atoms with Crippen molar-refractivity contribution in [3.05, 3.63) is 63.6 Å². The lowest BCUT2D eigenvalue weighted by Crippen LogP contribution is -2.29. The number of rotatable bonds is 1. The van der Waals surface area contributed by atoms with Gasteiger partial charge in [0.1, 0.15) is 0 Å². The smallest absolute Gasteiger partial charge is 0.266 e. The number of nitrogens with zero attached hydrogens (tertiary/aromatic N) is 1. The van der Waals surface area contributed by atoms with Crippen molar-refractivity contribution in [1.29, 1.82) is 0 Å². The molecule has 1 aliphatic heterocycles. The van der Waals surface area contributed by atoms with Gasteiger partial charge in [-0.05, 0) is 36.8 Å². The van der Waals surface area contributed by atoms with E-state index in [2.05, 4.69) is 15.9 Å². The van der Waals surface area contributed by atoms with Crippen LogP contribution >= 0.6 is 15.9 Å². The van der Waals surface area contributed by atoms with Gasteiger partial charge in [0.2, 0.25) is 0 Å². The molecule has 0 aromatic heterocycles. The van der Waals surface area contributed by atoms with E-state index in [9.17, 15) is 9.59 Å². The number of anilines is 1. The summed E-state index contributed by atoms with van der Waals surface area (Å²) in [4.78, 5) is 26.0. The molecular formula is C15H10BrNO2. The highest BCUT2D eigenvalue weighted by molar-refractivity contribution is 9.10. The van der Waals surface area contributed by atoms with E-state index in [4.69, 9.17) is 0 Å². The van der Waals surface area contributed by atoms with E-state index in [1.807, 2.05) is 25.1 Å². The summed E-state index contributed by atoms with van der Waals surface area (Å²) in [6.07, 6.45) is 0. The maximum absolute atomic E-state index is 12.4.